The van der Waals surface area contributed by atoms with E-state index in [0.29, 0.717) is 0 Å². The summed E-state index contributed by atoms with van der Waals surface area (Å²) in [6, 6.07) is 16.0. The summed E-state index contributed by atoms with van der Waals surface area (Å²) >= 11 is -1.45. The molecule has 1 aliphatic carbocycles. The Labute approximate surface area is 111 Å². The first-order chi connectivity index (χ1) is 8.18. The fourth-order valence-corrected chi connectivity index (χ4v) is 9.18. The molecule has 0 spiro atoms. The zero-order valence-corrected chi connectivity index (χ0v) is 14.2. The minimum absolute atomic E-state index is 0.783. The van der Waals surface area contributed by atoms with Gasteiger partial charge < -0.3 is 0 Å². The van der Waals surface area contributed by atoms with Crippen molar-refractivity contribution in [2.24, 2.45) is 0 Å². The first kappa shape index (κ1) is 11.4. The molecule has 0 N–H and O–H groups in total. The minimum atomic E-state index is -1.45. The van der Waals surface area contributed by atoms with E-state index in [1.54, 1.807) is 11.1 Å². The maximum atomic E-state index is 2.53. The van der Waals surface area contributed by atoms with Crippen molar-refractivity contribution >= 4 is 0 Å². The average molecular weight is 388 g/mol. The predicted molar refractivity (Wildman–Crippen MR) is 70.2 cm³/mol. The van der Waals surface area contributed by atoms with Gasteiger partial charge >= 0.3 is 112 Å². The number of aryl methyl sites for hydroxylation is 1. The molecule has 85 valence electrons. The molecule has 1 atom stereocenters. The van der Waals surface area contributed by atoms with Crippen molar-refractivity contribution in [3.05, 3.63) is 59.2 Å². The van der Waals surface area contributed by atoms with Gasteiger partial charge in [0.15, 0.2) is 0 Å². The number of hydrogen-bond acceptors (Lipinski definition) is 0. The van der Waals surface area contributed by atoms with Crippen LogP contribution in [0.2, 0.25) is 9.36 Å². The number of fused-ring (bicyclic) bond motifs is 3. The molecule has 2 aromatic rings. The van der Waals surface area contributed by atoms with Crippen molar-refractivity contribution in [3.63, 3.8) is 0 Å². The molecule has 0 amide bonds. The third kappa shape index (κ3) is 1.76. The Morgan fingerprint density at radius 2 is 1.59 bits per heavy atom. The van der Waals surface area contributed by atoms with Crippen LogP contribution >= 0.6 is 0 Å². The normalized spacial score (nSPS) is 16.5. The van der Waals surface area contributed by atoms with Gasteiger partial charge in [-0.25, -0.2) is 0 Å². The molecular weight excluding hydrogens is 371 g/mol. The van der Waals surface area contributed by atoms with Crippen LogP contribution in [0.3, 0.4) is 0 Å². The summed E-state index contributed by atoms with van der Waals surface area (Å²) in [7, 11) is 0. The molecule has 2 aromatic carbocycles. The maximum absolute atomic E-state index is 2.53. The average Bonchev–Trinajstić information content (AvgIpc) is 2.62. The van der Waals surface area contributed by atoms with Crippen LogP contribution in [-0.2, 0) is 21.4 Å². The first-order valence-electron chi connectivity index (χ1n) is 6.18. The van der Waals surface area contributed by atoms with E-state index in [2.05, 4.69) is 58.7 Å². The molecule has 3 rings (SSSR count). The van der Waals surface area contributed by atoms with Crippen LogP contribution in [-0.4, -0.2) is 0 Å². The molecule has 0 nitrogen and oxygen atoms in total. The molecule has 0 heterocycles. The van der Waals surface area contributed by atoms with Crippen LogP contribution in [0.1, 0.15) is 20.4 Å². The van der Waals surface area contributed by atoms with Crippen molar-refractivity contribution in [1.29, 1.82) is 0 Å². The Kier molecular flexibility index (Phi) is 2.82. The van der Waals surface area contributed by atoms with Gasteiger partial charge in [0.05, 0.1) is 0 Å². The van der Waals surface area contributed by atoms with E-state index in [1.165, 1.54) is 16.7 Å². The Balaban J connectivity index is 2.29. The molecule has 17 heavy (non-hydrogen) atoms. The van der Waals surface area contributed by atoms with E-state index in [1.807, 2.05) is 0 Å². The van der Waals surface area contributed by atoms with E-state index in [0.717, 1.165) is 3.67 Å². The van der Waals surface area contributed by atoms with Gasteiger partial charge in [0, 0.05) is 0 Å². The molecular formula is C16H17Hf. The second-order valence-electron chi connectivity index (χ2n) is 5.19. The van der Waals surface area contributed by atoms with E-state index < -0.39 is 21.4 Å². The molecule has 0 radical (unpaired) electrons. The summed E-state index contributed by atoms with van der Waals surface area (Å²) in [5.41, 5.74) is 7.58. The Morgan fingerprint density at radius 3 is 2.35 bits per heavy atom. The molecule has 0 saturated carbocycles. The molecule has 1 heteroatoms. The Morgan fingerprint density at radius 1 is 0.882 bits per heavy atom. The van der Waals surface area contributed by atoms with E-state index >= 15 is 0 Å². The summed E-state index contributed by atoms with van der Waals surface area (Å²) in [4.78, 5) is 0. The summed E-state index contributed by atoms with van der Waals surface area (Å²) < 4.78 is 5.85. The van der Waals surface area contributed by atoms with E-state index in [-0.39, 0.29) is 0 Å². The molecule has 0 bridgehead atoms. The Bertz CT molecular complexity index is 569. The summed E-state index contributed by atoms with van der Waals surface area (Å²) in [5.74, 6) is 0. The van der Waals surface area contributed by atoms with Crippen molar-refractivity contribution in [2.75, 3.05) is 0 Å². The van der Waals surface area contributed by atoms with Gasteiger partial charge in [-0.05, 0) is 0 Å². The summed E-state index contributed by atoms with van der Waals surface area (Å²) in [6.45, 7) is 2.20. The molecule has 0 aliphatic heterocycles. The van der Waals surface area contributed by atoms with Gasteiger partial charge in [0.25, 0.3) is 0 Å². The van der Waals surface area contributed by atoms with E-state index in [9.17, 15) is 0 Å². The standard InChI is InChI=1S/C14H11.2CH3.Hf/c1-10-6-7-14-12(8-10)9-11-4-2-3-5-13(11)14;;;/h2-9H,1H3;2*1H3;. The molecule has 0 fully saturated rings. The van der Waals surface area contributed by atoms with Crippen molar-refractivity contribution in [2.45, 2.75) is 20.0 Å². The number of benzene rings is 2. The van der Waals surface area contributed by atoms with Gasteiger partial charge in [-0.1, -0.05) is 0 Å². The molecule has 1 unspecified atom stereocenters. The van der Waals surface area contributed by atoms with Crippen LogP contribution < -0.4 is 0 Å². The van der Waals surface area contributed by atoms with Crippen molar-refractivity contribution < 1.29 is 21.4 Å². The molecule has 1 aliphatic rings. The van der Waals surface area contributed by atoms with Crippen LogP contribution in [0.5, 0.6) is 0 Å². The topological polar surface area (TPSA) is 0 Å². The van der Waals surface area contributed by atoms with E-state index in [4.69, 9.17) is 0 Å². The fraction of sp³-hybridized carbons (Fsp3) is 0.250. The van der Waals surface area contributed by atoms with Crippen LogP contribution in [0, 0.1) is 6.92 Å². The van der Waals surface area contributed by atoms with Crippen molar-refractivity contribution in [3.8, 4) is 11.1 Å². The zero-order valence-electron chi connectivity index (χ0n) is 10.6. The summed E-state index contributed by atoms with van der Waals surface area (Å²) in [6.07, 6.45) is 0. The van der Waals surface area contributed by atoms with Crippen LogP contribution in [0.15, 0.2) is 42.5 Å². The number of rotatable bonds is 1. The first-order valence-corrected chi connectivity index (χ1v) is 15.4. The quantitative estimate of drug-likeness (QED) is 0.618. The van der Waals surface area contributed by atoms with Gasteiger partial charge in [0.2, 0.25) is 0 Å². The SMILES string of the molecule is Cc1ccc2c(c1)[CH]([Hf]([CH3])[CH3])c1ccccc1-2. The van der Waals surface area contributed by atoms with Gasteiger partial charge in [-0.15, -0.1) is 0 Å². The second-order valence-corrected chi connectivity index (χ2v) is 15.0. The zero-order chi connectivity index (χ0) is 12.0. The van der Waals surface area contributed by atoms with Gasteiger partial charge in [-0.3, -0.25) is 0 Å². The predicted octanol–water partition coefficient (Wildman–Crippen LogP) is 4.78. The third-order valence-corrected chi connectivity index (χ3v) is 10.0. The summed E-state index contributed by atoms with van der Waals surface area (Å²) in [5, 5.41) is 0. The monoisotopic (exact) mass is 389 g/mol. The molecule has 0 saturated heterocycles. The van der Waals surface area contributed by atoms with Crippen LogP contribution in [0.25, 0.3) is 11.1 Å². The van der Waals surface area contributed by atoms with Gasteiger partial charge in [-0.2, -0.15) is 0 Å². The van der Waals surface area contributed by atoms with Crippen molar-refractivity contribution in [1.82, 2.24) is 0 Å². The second kappa shape index (κ2) is 4.20. The van der Waals surface area contributed by atoms with Crippen LogP contribution in [0.4, 0.5) is 0 Å². The number of hydrogen-bond donors (Lipinski definition) is 0. The fourth-order valence-electron chi connectivity index (χ4n) is 2.95. The third-order valence-electron chi connectivity index (χ3n) is 3.66. The van der Waals surface area contributed by atoms with Gasteiger partial charge in [0.1, 0.15) is 0 Å². The molecule has 0 aromatic heterocycles. The Hall–Kier alpha value is -0.690.